The van der Waals surface area contributed by atoms with Gasteiger partial charge in [-0.25, -0.2) is 9.18 Å². The van der Waals surface area contributed by atoms with Gasteiger partial charge < -0.3 is 15.5 Å². The third kappa shape index (κ3) is 3.65. The molecule has 0 unspecified atom stereocenters. The molecule has 0 aromatic heterocycles. The Bertz CT molecular complexity index is 767. The Balaban J connectivity index is 1.61. The summed E-state index contributed by atoms with van der Waals surface area (Å²) in [5.74, 6) is -0.605. The SMILES string of the molecule is O=C(Nc1ccccc1F)N[C@@H]1CC(=O)N(c2ccc(Cl)cc2)C1. The summed E-state index contributed by atoms with van der Waals surface area (Å²) in [6.07, 6.45) is 0.188. The standard InChI is InChI=1S/C17H15ClFN3O2/c18-11-5-7-13(8-6-11)22-10-12(9-16(22)23)20-17(24)21-15-4-2-1-3-14(15)19/h1-8,12H,9-10H2,(H2,20,21,24)/t12-/m1/s1. The number of carbonyl (C=O) groups excluding carboxylic acids is 2. The zero-order chi connectivity index (χ0) is 17.1. The summed E-state index contributed by atoms with van der Waals surface area (Å²) >= 11 is 5.84. The van der Waals surface area contributed by atoms with E-state index in [4.69, 9.17) is 11.6 Å². The molecule has 1 atom stereocenters. The van der Waals surface area contributed by atoms with Crippen LogP contribution in [-0.4, -0.2) is 24.5 Å². The maximum Gasteiger partial charge on any atom is 0.319 e. The number of anilines is 2. The number of amides is 3. The van der Waals surface area contributed by atoms with Crippen LogP contribution in [0, 0.1) is 5.82 Å². The number of hydrogen-bond donors (Lipinski definition) is 2. The molecule has 0 radical (unpaired) electrons. The summed E-state index contributed by atoms with van der Waals surface area (Å²) in [5.41, 5.74) is 0.817. The van der Waals surface area contributed by atoms with Crippen LogP contribution in [0.1, 0.15) is 6.42 Å². The molecule has 7 heteroatoms. The molecule has 1 saturated heterocycles. The first-order valence-electron chi connectivity index (χ1n) is 7.41. The van der Waals surface area contributed by atoms with Crippen molar-refractivity contribution >= 4 is 34.9 Å². The Morgan fingerprint density at radius 1 is 1.17 bits per heavy atom. The van der Waals surface area contributed by atoms with Crippen molar-refractivity contribution in [1.82, 2.24) is 5.32 Å². The zero-order valence-electron chi connectivity index (χ0n) is 12.6. The number of hydrogen-bond acceptors (Lipinski definition) is 2. The smallest absolute Gasteiger partial charge is 0.319 e. The van der Waals surface area contributed by atoms with E-state index in [1.807, 2.05) is 0 Å². The molecular weight excluding hydrogens is 333 g/mol. The first kappa shape index (κ1) is 16.3. The number of halogens is 2. The molecule has 0 bridgehead atoms. The Kier molecular flexibility index (Phi) is 4.66. The van der Waals surface area contributed by atoms with Gasteiger partial charge in [-0.2, -0.15) is 0 Å². The summed E-state index contributed by atoms with van der Waals surface area (Å²) in [4.78, 5) is 25.7. The van der Waals surface area contributed by atoms with Crippen molar-refractivity contribution < 1.29 is 14.0 Å². The molecule has 0 spiro atoms. The molecule has 2 N–H and O–H groups in total. The molecule has 1 heterocycles. The zero-order valence-corrected chi connectivity index (χ0v) is 13.4. The Hall–Kier alpha value is -2.60. The predicted octanol–water partition coefficient (Wildman–Crippen LogP) is 3.41. The topological polar surface area (TPSA) is 61.4 Å². The number of nitrogens with one attached hydrogen (secondary N) is 2. The van der Waals surface area contributed by atoms with Gasteiger partial charge in [0.05, 0.1) is 11.7 Å². The highest BCUT2D eigenvalue weighted by Crippen LogP contribution is 2.23. The lowest BCUT2D eigenvalue weighted by atomic mass is 10.2. The van der Waals surface area contributed by atoms with Crippen LogP contribution in [0.25, 0.3) is 0 Å². The average molecular weight is 348 g/mol. The van der Waals surface area contributed by atoms with Gasteiger partial charge in [0.1, 0.15) is 5.82 Å². The largest absolute Gasteiger partial charge is 0.333 e. The number of rotatable bonds is 3. The normalized spacial score (nSPS) is 17.0. The molecule has 2 aromatic rings. The quantitative estimate of drug-likeness (QED) is 0.893. The molecule has 1 aliphatic heterocycles. The maximum atomic E-state index is 13.5. The van der Waals surface area contributed by atoms with Gasteiger partial charge in [-0.1, -0.05) is 23.7 Å². The van der Waals surface area contributed by atoms with Crippen LogP contribution in [0.3, 0.4) is 0 Å². The van der Waals surface area contributed by atoms with E-state index in [9.17, 15) is 14.0 Å². The highest BCUT2D eigenvalue weighted by atomic mass is 35.5. The van der Waals surface area contributed by atoms with E-state index in [-0.39, 0.29) is 24.1 Å². The Morgan fingerprint density at radius 2 is 1.88 bits per heavy atom. The van der Waals surface area contributed by atoms with Gasteiger partial charge in [0.2, 0.25) is 5.91 Å². The number of urea groups is 1. The van der Waals surface area contributed by atoms with Crippen molar-refractivity contribution in [2.24, 2.45) is 0 Å². The molecule has 124 valence electrons. The highest BCUT2D eigenvalue weighted by Gasteiger charge is 2.31. The third-order valence-electron chi connectivity index (χ3n) is 3.72. The van der Waals surface area contributed by atoms with Crippen molar-refractivity contribution in [1.29, 1.82) is 0 Å². The van der Waals surface area contributed by atoms with Gasteiger partial charge in [-0.3, -0.25) is 4.79 Å². The number of para-hydroxylation sites is 1. The number of nitrogens with zero attached hydrogens (tertiary/aromatic N) is 1. The summed E-state index contributed by atoms with van der Waals surface area (Å²) < 4.78 is 13.5. The van der Waals surface area contributed by atoms with Crippen LogP contribution in [0.2, 0.25) is 5.02 Å². The van der Waals surface area contributed by atoms with Crippen molar-refractivity contribution in [3.8, 4) is 0 Å². The average Bonchev–Trinajstić information content (AvgIpc) is 2.90. The molecule has 2 aromatic carbocycles. The summed E-state index contributed by atoms with van der Waals surface area (Å²) in [6, 6.07) is 11.9. The number of benzene rings is 2. The lowest BCUT2D eigenvalue weighted by Gasteiger charge is -2.17. The van der Waals surface area contributed by atoms with Crippen LogP contribution in [-0.2, 0) is 4.79 Å². The van der Waals surface area contributed by atoms with E-state index in [0.29, 0.717) is 11.6 Å². The summed E-state index contributed by atoms with van der Waals surface area (Å²) in [6.45, 7) is 0.352. The Labute approximate surface area is 143 Å². The minimum Gasteiger partial charge on any atom is -0.333 e. The lowest BCUT2D eigenvalue weighted by molar-refractivity contribution is -0.117. The summed E-state index contributed by atoms with van der Waals surface area (Å²) in [5, 5.41) is 5.72. The molecule has 0 saturated carbocycles. The molecule has 5 nitrogen and oxygen atoms in total. The van der Waals surface area contributed by atoms with Crippen molar-refractivity contribution in [3.63, 3.8) is 0 Å². The number of carbonyl (C=O) groups is 2. The molecule has 1 aliphatic rings. The van der Waals surface area contributed by atoms with Gasteiger partial charge in [0.15, 0.2) is 0 Å². The minimum atomic E-state index is -0.546. The van der Waals surface area contributed by atoms with Gasteiger partial charge in [-0.15, -0.1) is 0 Å². The lowest BCUT2D eigenvalue weighted by Crippen LogP contribution is -2.39. The van der Waals surface area contributed by atoms with Gasteiger partial charge in [-0.05, 0) is 36.4 Å². The molecule has 3 rings (SSSR count). The first-order chi connectivity index (χ1) is 11.5. The second kappa shape index (κ2) is 6.88. The fourth-order valence-corrected chi connectivity index (χ4v) is 2.71. The second-order valence-corrected chi connectivity index (χ2v) is 5.90. The van der Waals surface area contributed by atoms with Gasteiger partial charge in [0.25, 0.3) is 0 Å². The molecule has 1 fully saturated rings. The van der Waals surface area contributed by atoms with Crippen LogP contribution >= 0.6 is 11.6 Å². The van der Waals surface area contributed by atoms with Crippen LogP contribution in [0.15, 0.2) is 48.5 Å². The van der Waals surface area contributed by atoms with E-state index in [0.717, 1.165) is 5.69 Å². The molecule has 24 heavy (non-hydrogen) atoms. The Morgan fingerprint density at radius 3 is 2.58 bits per heavy atom. The monoisotopic (exact) mass is 347 g/mol. The predicted molar refractivity (Wildman–Crippen MR) is 90.8 cm³/mol. The molecule has 0 aliphatic carbocycles. The second-order valence-electron chi connectivity index (χ2n) is 5.46. The van der Waals surface area contributed by atoms with E-state index >= 15 is 0 Å². The fourth-order valence-electron chi connectivity index (χ4n) is 2.58. The minimum absolute atomic E-state index is 0.0893. The molecular formula is C17H15ClFN3O2. The first-order valence-corrected chi connectivity index (χ1v) is 7.79. The van der Waals surface area contributed by atoms with E-state index in [1.54, 1.807) is 35.2 Å². The van der Waals surface area contributed by atoms with E-state index in [1.165, 1.54) is 18.2 Å². The maximum absolute atomic E-state index is 13.5. The van der Waals surface area contributed by atoms with Crippen LogP contribution < -0.4 is 15.5 Å². The van der Waals surface area contributed by atoms with Crippen LogP contribution in [0.5, 0.6) is 0 Å². The molecule has 3 amide bonds. The van der Waals surface area contributed by atoms with Gasteiger partial charge in [0, 0.05) is 23.7 Å². The van der Waals surface area contributed by atoms with E-state index < -0.39 is 11.8 Å². The van der Waals surface area contributed by atoms with E-state index in [2.05, 4.69) is 10.6 Å². The van der Waals surface area contributed by atoms with Gasteiger partial charge >= 0.3 is 6.03 Å². The summed E-state index contributed by atoms with van der Waals surface area (Å²) in [7, 11) is 0. The van der Waals surface area contributed by atoms with Crippen molar-refractivity contribution in [2.45, 2.75) is 12.5 Å². The third-order valence-corrected chi connectivity index (χ3v) is 3.97. The van der Waals surface area contributed by atoms with Crippen molar-refractivity contribution in [2.75, 3.05) is 16.8 Å². The van der Waals surface area contributed by atoms with Crippen LogP contribution in [0.4, 0.5) is 20.6 Å². The highest BCUT2D eigenvalue weighted by molar-refractivity contribution is 6.30. The van der Waals surface area contributed by atoms with Crippen molar-refractivity contribution in [3.05, 3.63) is 59.4 Å². The fraction of sp³-hybridized carbons (Fsp3) is 0.176.